The van der Waals surface area contributed by atoms with E-state index >= 15 is 0 Å². The molecule has 0 aliphatic heterocycles. The van der Waals surface area contributed by atoms with Crippen molar-refractivity contribution < 1.29 is 0 Å². The third-order valence-corrected chi connectivity index (χ3v) is 26.3. The second-order valence-electron chi connectivity index (χ2n) is 35.1. The lowest BCUT2D eigenvalue weighted by atomic mass is 9.82. The predicted octanol–water partition coefficient (Wildman–Crippen LogP) is 31.5. The van der Waals surface area contributed by atoms with E-state index in [1.165, 1.54) is 179 Å². The van der Waals surface area contributed by atoms with Gasteiger partial charge in [0, 0.05) is 114 Å². The van der Waals surface area contributed by atoms with Crippen molar-refractivity contribution in [2.24, 2.45) is 0 Å². The number of nitrogens with zero attached hydrogens (tertiary/aromatic N) is 5. The second kappa shape index (κ2) is 34.7. The van der Waals surface area contributed by atoms with Gasteiger partial charge in [-0.2, -0.15) is 0 Å². The summed E-state index contributed by atoms with van der Waals surface area (Å²) in [6.45, 7) is 18.6. The number of benzene rings is 17. The van der Waals surface area contributed by atoms with E-state index in [0.717, 1.165) is 0 Å². The summed E-state index contributed by atoms with van der Waals surface area (Å²) in [6.07, 6.45) is 0. The molecule has 0 saturated heterocycles. The van der Waals surface area contributed by atoms with Gasteiger partial charge in [0.25, 0.3) is 0 Å². The van der Waals surface area contributed by atoms with Gasteiger partial charge in [0.15, 0.2) is 0 Å². The zero-order valence-electron chi connectivity index (χ0n) is 73.7. The quantitative estimate of drug-likeness (QED) is 0.114. The molecule has 0 spiro atoms. The first-order chi connectivity index (χ1) is 60.1. The van der Waals surface area contributed by atoms with Crippen molar-refractivity contribution in [2.75, 3.05) is 59.7 Å². The summed E-state index contributed by atoms with van der Waals surface area (Å²) < 4.78 is 0. The smallest absolute Gasteiger partial charge is 0.0414 e. The molecule has 0 N–H and O–H groups in total. The molecule has 5 heteroatoms. The molecule has 0 unspecified atom stereocenters. The number of hydrogen-bond donors (Lipinski definition) is 0. The Morgan fingerprint density at radius 3 is 0.645 bits per heavy atom. The van der Waals surface area contributed by atoms with Gasteiger partial charge < -0.3 is 24.5 Å². The minimum Gasteiger partial charge on any atom is -0.345 e. The fraction of sp³-hybridized carbons (Fsp3) is 0.143. The van der Waals surface area contributed by atoms with Crippen LogP contribution in [0.1, 0.15) is 99.9 Å². The van der Waals surface area contributed by atoms with E-state index in [0.29, 0.717) is 0 Å². The molecule has 124 heavy (non-hydrogen) atoms. The molecule has 4 aliphatic carbocycles. The summed E-state index contributed by atoms with van der Waals surface area (Å²) >= 11 is 0. The summed E-state index contributed by atoms with van der Waals surface area (Å²) in [4.78, 5) is 11.2. The van der Waals surface area contributed by atoms with Crippen molar-refractivity contribution in [1.29, 1.82) is 0 Å². The molecule has 0 radical (unpaired) electrons. The van der Waals surface area contributed by atoms with Gasteiger partial charge >= 0.3 is 0 Å². The largest absolute Gasteiger partial charge is 0.345 e. The van der Waals surface area contributed by atoms with Crippen molar-refractivity contribution in [1.82, 2.24) is 0 Å². The standard InChI is InChI=1S/2C28H25N.2C22H21N.C19H17N/c1-28(2)26-12-8-7-11-24(26)25-19-23(17-18-27(25)28)29(3)22-15-13-21(14-16-22)20-9-5-4-6-10-20;1-28(2)26-12-8-7-11-24(26)25-18-17-23(19-27(25)28)29(3)22-15-13-21(14-16-22)20-9-5-4-6-10-20;1-22(2)20-12-8-7-11-18(20)19-15-17(13-14-21(19)22)23(3)16-9-5-4-6-10-16;1-22(2)20-12-8-7-11-18(20)19-14-13-17(15-21(19)22)23(3)16-9-5-4-6-10-16;1-20(18-12-6-3-7-13-18)19-14-8-11-17(15-19)16-9-4-2-5-10-16/h2*4-19H,1-3H3;2*4-15H,1-3H3;2-15H,1H3. The maximum Gasteiger partial charge on any atom is 0.0414 e. The Morgan fingerprint density at radius 2 is 0.323 bits per heavy atom. The molecule has 21 rings (SSSR count). The lowest BCUT2D eigenvalue weighted by molar-refractivity contribution is 0.660. The van der Waals surface area contributed by atoms with E-state index in [4.69, 9.17) is 0 Å². The lowest BCUT2D eigenvalue weighted by Crippen LogP contribution is -2.16. The average Bonchev–Trinajstić information content (AvgIpc) is 1.60. The molecule has 0 atom stereocenters. The van der Waals surface area contributed by atoms with Gasteiger partial charge in [-0.05, 0) is 244 Å². The maximum atomic E-state index is 2.36. The van der Waals surface area contributed by atoms with Crippen LogP contribution in [0.5, 0.6) is 0 Å². The molecular weight excluding hydrogens is 1500 g/mol. The van der Waals surface area contributed by atoms with Gasteiger partial charge in [-0.25, -0.2) is 0 Å². The molecule has 610 valence electrons. The Labute approximate surface area is 735 Å². The van der Waals surface area contributed by atoms with E-state index in [1.54, 1.807) is 0 Å². The number of para-hydroxylation sites is 3. The number of fused-ring (bicyclic) bond motifs is 12. The highest BCUT2D eigenvalue weighted by Crippen LogP contribution is 2.54. The number of anilines is 10. The molecule has 17 aromatic rings. The lowest BCUT2D eigenvalue weighted by Gasteiger charge is -2.25. The average molecular weight is 1610 g/mol. The summed E-state index contributed by atoms with van der Waals surface area (Å²) in [7, 11) is 10.6. The first-order valence-electron chi connectivity index (χ1n) is 43.4. The molecule has 0 aromatic heterocycles. The van der Waals surface area contributed by atoms with Crippen LogP contribution in [0.25, 0.3) is 77.9 Å². The van der Waals surface area contributed by atoms with Crippen LogP contribution >= 0.6 is 0 Å². The first kappa shape index (κ1) is 82.1. The summed E-state index contributed by atoms with van der Waals surface area (Å²) in [6, 6.07) is 152. The third kappa shape index (κ3) is 16.1. The van der Waals surface area contributed by atoms with Crippen LogP contribution in [0.3, 0.4) is 0 Å². The zero-order chi connectivity index (χ0) is 85.9. The fourth-order valence-corrected chi connectivity index (χ4v) is 18.9. The maximum absolute atomic E-state index is 2.36. The van der Waals surface area contributed by atoms with Crippen molar-refractivity contribution in [3.63, 3.8) is 0 Å². The van der Waals surface area contributed by atoms with Gasteiger partial charge in [0.2, 0.25) is 0 Å². The molecule has 0 amide bonds. The van der Waals surface area contributed by atoms with Crippen LogP contribution < -0.4 is 24.5 Å². The Morgan fingerprint density at radius 1 is 0.129 bits per heavy atom. The van der Waals surface area contributed by atoms with Gasteiger partial charge in [-0.1, -0.05) is 359 Å². The fourth-order valence-electron chi connectivity index (χ4n) is 18.9. The highest BCUT2D eigenvalue weighted by Gasteiger charge is 2.39. The molecule has 0 bridgehead atoms. The highest BCUT2D eigenvalue weighted by atomic mass is 15.1. The number of rotatable bonds is 13. The topological polar surface area (TPSA) is 16.2 Å². The van der Waals surface area contributed by atoms with Crippen LogP contribution in [0.4, 0.5) is 56.9 Å². The molecule has 5 nitrogen and oxygen atoms in total. The minimum absolute atomic E-state index is 0.0277. The van der Waals surface area contributed by atoms with Gasteiger partial charge in [0.05, 0.1) is 0 Å². The Balaban J connectivity index is 0.000000111. The highest BCUT2D eigenvalue weighted by molar-refractivity contribution is 5.89. The molecule has 17 aromatic carbocycles. The third-order valence-electron chi connectivity index (χ3n) is 26.3. The summed E-state index contributed by atoms with van der Waals surface area (Å²) in [5, 5.41) is 0. The van der Waals surface area contributed by atoms with E-state index < -0.39 is 0 Å². The summed E-state index contributed by atoms with van der Waals surface area (Å²) in [5.74, 6) is 0. The van der Waals surface area contributed by atoms with Crippen LogP contribution in [0, 0.1) is 0 Å². The van der Waals surface area contributed by atoms with Crippen molar-refractivity contribution in [3.05, 3.63) is 469 Å². The van der Waals surface area contributed by atoms with Gasteiger partial charge in [-0.3, -0.25) is 0 Å². The van der Waals surface area contributed by atoms with Crippen LogP contribution in [-0.4, -0.2) is 35.2 Å². The van der Waals surface area contributed by atoms with E-state index in [2.05, 4.69) is 528 Å². The molecule has 4 aliphatic rings. The Hall–Kier alpha value is -14.3. The Kier molecular flexibility index (Phi) is 23.0. The Bertz CT molecular complexity index is 6590. The van der Waals surface area contributed by atoms with E-state index in [9.17, 15) is 0 Å². The minimum atomic E-state index is 0.0277. The van der Waals surface area contributed by atoms with Crippen LogP contribution in [0.15, 0.2) is 425 Å². The SMILES string of the molecule is CN(c1ccc(-c2ccccc2)cc1)c1ccc2c(c1)-c1ccccc1C2(C)C.CN(c1ccc(-c2ccccc2)cc1)c1ccc2c(c1)C(C)(C)c1ccccc1-2.CN(c1ccccc1)c1ccc2c(c1)-c1ccccc1C2(C)C.CN(c1ccccc1)c1ccc2c(c1)C(C)(C)c1ccccc1-2.CN(c1ccccc1)c1cccc(-c2ccccc2)c1. The van der Waals surface area contributed by atoms with E-state index in [1.807, 2.05) is 12.1 Å². The molecular formula is C119H109N5. The van der Waals surface area contributed by atoms with Crippen molar-refractivity contribution in [3.8, 4) is 77.9 Å². The monoisotopic (exact) mass is 1610 g/mol. The van der Waals surface area contributed by atoms with Crippen molar-refractivity contribution in [2.45, 2.75) is 77.0 Å². The first-order valence-corrected chi connectivity index (χ1v) is 43.4. The van der Waals surface area contributed by atoms with E-state index in [-0.39, 0.29) is 21.7 Å². The van der Waals surface area contributed by atoms with Crippen LogP contribution in [0.2, 0.25) is 0 Å². The molecule has 0 saturated carbocycles. The predicted molar refractivity (Wildman–Crippen MR) is 531 cm³/mol. The number of hydrogen-bond acceptors (Lipinski definition) is 5. The molecule has 0 heterocycles. The second-order valence-corrected chi connectivity index (χ2v) is 35.1. The van der Waals surface area contributed by atoms with Gasteiger partial charge in [-0.15, -0.1) is 0 Å². The zero-order valence-corrected chi connectivity index (χ0v) is 73.7. The van der Waals surface area contributed by atoms with Crippen LogP contribution in [-0.2, 0) is 21.7 Å². The normalized spacial score (nSPS) is 13.3. The van der Waals surface area contributed by atoms with Gasteiger partial charge in [0.1, 0.15) is 0 Å². The summed E-state index contributed by atoms with van der Waals surface area (Å²) in [5.41, 5.74) is 42.0. The van der Waals surface area contributed by atoms with Crippen molar-refractivity contribution >= 4 is 56.9 Å². The molecule has 0 fully saturated rings.